The molecule has 1 aliphatic rings. The number of carbonyl (C=O) groups is 2. The summed E-state index contributed by atoms with van der Waals surface area (Å²) in [6.45, 7) is 2.75. The van der Waals surface area contributed by atoms with Crippen LogP contribution in [0.2, 0.25) is 0 Å². The van der Waals surface area contributed by atoms with Gasteiger partial charge in [0.25, 0.3) is 5.91 Å². The van der Waals surface area contributed by atoms with Gasteiger partial charge in [0, 0.05) is 18.3 Å². The number of aromatic nitrogens is 1. The predicted octanol–water partition coefficient (Wildman–Crippen LogP) is 4.43. The van der Waals surface area contributed by atoms with Gasteiger partial charge in [-0.3, -0.25) is 9.59 Å². The smallest absolute Gasteiger partial charge is 0.416 e. The molecule has 1 aromatic carbocycles. The van der Waals surface area contributed by atoms with E-state index in [1.165, 1.54) is 20.0 Å². The van der Waals surface area contributed by atoms with Crippen molar-refractivity contribution in [2.45, 2.75) is 69.8 Å². The number of nitrogens with two attached hydrogens (primary N) is 1. The van der Waals surface area contributed by atoms with E-state index < -0.39 is 40.7 Å². The molecule has 0 bridgehead atoms. The predicted molar refractivity (Wildman–Crippen MR) is 121 cm³/mol. The fraction of sp³-hybridized carbons (Fsp3) is 0.458. The Balaban J connectivity index is 1.64. The summed E-state index contributed by atoms with van der Waals surface area (Å²) in [7, 11) is 0. The van der Waals surface area contributed by atoms with Crippen LogP contribution >= 0.6 is 0 Å². The quantitative estimate of drug-likeness (QED) is 0.389. The minimum absolute atomic E-state index is 0.0142. The van der Waals surface area contributed by atoms with E-state index >= 15 is 0 Å². The summed E-state index contributed by atoms with van der Waals surface area (Å²) in [6.07, 6.45) is 0.592. The molecule has 1 saturated carbocycles. The highest BCUT2D eigenvalue weighted by Crippen LogP contribution is 2.34. The van der Waals surface area contributed by atoms with Crippen molar-refractivity contribution in [3.05, 3.63) is 53.5 Å². The van der Waals surface area contributed by atoms with Gasteiger partial charge in [0.15, 0.2) is 17.2 Å². The number of hydrogen-bond donors (Lipinski definition) is 3. The minimum Gasteiger partial charge on any atom is -0.475 e. The van der Waals surface area contributed by atoms with E-state index in [4.69, 9.17) is 10.5 Å². The Hall–Kier alpha value is -3.37. The summed E-state index contributed by atoms with van der Waals surface area (Å²) in [5.41, 5.74) is 2.84. The third kappa shape index (κ3) is 7.06. The van der Waals surface area contributed by atoms with E-state index in [0.717, 1.165) is 19.3 Å². The first-order chi connectivity index (χ1) is 16.3. The molecule has 0 spiro atoms. The number of rotatable bonds is 7. The molecular weight excluding hydrogens is 468 g/mol. The number of halogens is 4. The molecule has 0 radical (unpaired) electrons. The fourth-order valence-electron chi connectivity index (χ4n) is 3.90. The van der Waals surface area contributed by atoms with Crippen LogP contribution in [0.15, 0.2) is 36.5 Å². The maximum atomic E-state index is 14.1. The molecule has 4 N–H and O–H groups in total. The first kappa shape index (κ1) is 26.2. The Kier molecular flexibility index (Phi) is 7.86. The summed E-state index contributed by atoms with van der Waals surface area (Å²) in [6, 6.07) is 4.80. The Morgan fingerprint density at radius 3 is 2.37 bits per heavy atom. The Bertz CT molecular complexity index is 1060. The molecule has 1 aromatic heterocycles. The number of amides is 2. The summed E-state index contributed by atoms with van der Waals surface area (Å²) < 4.78 is 58.5. The van der Waals surface area contributed by atoms with E-state index in [-0.39, 0.29) is 12.1 Å². The molecule has 3 rings (SSSR count). The molecule has 7 nitrogen and oxygen atoms in total. The normalized spacial score (nSPS) is 18.9. The van der Waals surface area contributed by atoms with Gasteiger partial charge < -0.3 is 21.1 Å². The number of nitrogens with zero attached hydrogens (tertiary/aromatic N) is 1. The number of nitrogens with one attached hydrogen (secondary N) is 2. The van der Waals surface area contributed by atoms with Crippen LogP contribution in [0, 0.1) is 5.82 Å². The standard InChI is InChI=1S/C24H28F4N4O3/c1-23(2,35-19-11-15(24(26,27)28)8-9-18(19)25)22(34)32-17-6-4-3-5-16(12-17)31-20-10-7-14(13-30-20)21(29)33/h7-11,13,16-17H,3-6,12H2,1-2H3,(H2,29,33)(H,30,31)(H,32,34). The molecule has 2 unspecified atom stereocenters. The van der Waals surface area contributed by atoms with Crippen LogP contribution in [0.4, 0.5) is 23.4 Å². The molecule has 2 aromatic rings. The van der Waals surface area contributed by atoms with Crippen LogP contribution in [0.5, 0.6) is 5.75 Å². The lowest BCUT2D eigenvalue weighted by atomic mass is 10.0. The molecule has 1 fully saturated rings. The van der Waals surface area contributed by atoms with Crippen LogP contribution in [0.25, 0.3) is 0 Å². The SMILES string of the molecule is CC(C)(Oc1cc(C(F)(F)F)ccc1F)C(=O)NC1CCCCC(Nc2ccc(C(N)=O)cn2)C1. The monoisotopic (exact) mass is 496 g/mol. The zero-order valence-electron chi connectivity index (χ0n) is 19.4. The first-order valence-corrected chi connectivity index (χ1v) is 11.2. The maximum Gasteiger partial charge on any atom is 0.416 e. The van der Waals surface area contributed by atoms with Gasteiger partial charge in [0.05, 0.1) is 11.1 Å². The second-order valence-corrected chi connectivity index (χ2v) is 9.08. The molecule has 2 atom stereocenters. The number of ether oxygens (including phenoxy) is 1. The van der Waals surface area contributed by atoms with Crippen molar-refractivity contribution in [1.82, 2.24) is 10.3 Å². The highest BCUT2D eigenvalue weighted by molar-refractivity contribution is 5.92. The molecule has 1 heterocycles. The Morgan fingerprint density at radius 2 is 1.77 bits per heavy atom. The zero-order chi connectivity index (χ0) is 25.8. The number of anilines is 1. The molecule has 11 heteroatoms. The average Bonchev–Trinajstić information content (AvgIpc) is 2.99. The number of alkyl halides is 3. The molecule has 1 aliphatic carbocycles. The van der Waals surface area contributed by atoms with Crippen LogP contribution in [-0.2, 0) is 11.0 Å². The number of primary amides is 1. The second kappa shape index (κ2) is 10.5. The van der Waals surface area contributed by atoms with Gasteiger partial charge in [-0.2, -0.15) is 13.2 Å². The van der Waals surface area contributed by atoms with Crippen molar-refractivity contribution < 1.29 is 31.9 Å². The molecule has 2 amide bonds. The molecule has 35 heavy (non-hydrogen) atoms. The van der Waals surface area contributed by atoms with Crippen LogP contribution in [-0.4, -0.2) is 34.5 Å². The second-order valence-electron chi connectivity index (χ2n) is 9.08. The third-order valence-electron chi connectivity index (χ3n) is 5.83. The van der Waals surface area contributed by atoms with Crippen LogP contribution in [0.1, 0.15) is 61.9 Å². The topological polar surface area (TPSA) is 106 Å². The molecule has 0 saturated heterocycles. The molecule has 0 aliphatic heterocycles. The van der Waals surface area contributed by atoms with Gasteiger partial charge in [-0.05, 0) is 63.4 Å². The average molecular weight is 497 g/mol. The number of pyridine rings is 1. The maximum absolute atomic E-state index is 14.1. The van der Waals surface area contributed by atoms with Crippen molar-refractivity contribution in [1.29, 1.82) is 0 Å². The summed E-state index contributed by atoms with van der Waals surface area (Å²) in [5.74, 6) is -2.21. The molecular formula is C24H28F4N4O3. The van der Waals surface area contributed by atoms with E-state index in [0.29, 0.717) is 42.4 Å². The Labute approximate surface area is 200 Å². The van der Waals surface area contributed by atoms with Gasteiger partial charge in [0.1, 0.15) is 5.82 Å². The van der Waals surface area contributed by atoms with E-state index in [1.54, 1.807) is 12.1 Å². The largest absolute Gasteiger partial charge is 0.475 e. The van der Waals surface area contributed by atoms with Crippen molar-refractivity contribution in [3.63, 3.8) is 0 Å². The van der Waals surface area contributed by atoms with Gasteiger partial charge >= 0.3 is 6.18 Å². The van der Waals surface area contributed by atoms with Crippen molar-refractivity contribution in [2.24, 2.45) is 5.73 Å². The minimum atomic E-state index is -4.67. The highest BCUT2D eigenvalue weighted by Gasteiger charge is 2.36. The molecule has 190 valence electrons. The van der Waals surface area contributed by atoms with Gasteiger partial charge in [-0.15, -0.1) is 0 Å². The van der Waals surface area contributed by atoms with Crippen LogP contribution < -0.4 is 21.1 Å². The number of hydrogen-bond acceptors (Lipinski definition) is 5. The van der Waals surface area contributed by atoms with Gasteiger partial charge in [-0.1, -0.05) is 12.8 Å². The van der Waals surface area contributed by atoms with E-state index in [1.807, 2.05) is 0 Å². The number of benzene rings is 1. The zero-order valence-corrected chi connectivity index (χ0v) is 19.4. The van der Waals surface area contributed by atoms with Gasteiger partial charge in [-0.25, -0.2) is 9.37 Å². The van der Waals surface area contributed by atoms with E-state index in [2.05, 4.69) is 15.6 Å². The van der Waals surface area contributed by atoms with E-state index in [9.17, 15) is 27.2 Å². The summed E-state index contributed by atoms with van der Waals surface area (Å²) in [4.78, 5) is 28.4. The Morgan fingerprint density at radius 1 is 1.09 bits per heavy atom. The summed E-state index contributed by atoms with van der Waals surface area (Å²) in [5, 5.41) is 6.19. The van der Waals surface area contributed by atoms with Crippen molar-refractivity contribution in [2.75, 3.05) is 5.32 Å². The number of carbonyl (C=O) groups excluding carboxylic acids is 2. The fourth-order valence-corrected chi connectivity index (χ4v) is 3.90. The lowest BCUT2D eigenvalue weighted by Gasteiger charge is -2.29. The van der Waals surface area contributed by atoms with Crippen LogP contribution in [0.3, 0.4) is 0 Å². The van der Waals surface area contributed by atoms with Crippen molar-refractivity contribution >= 4 is 17.6 Å². The van der Waals surface area contributed by atoms with Gasteiger partial charge in [0.2, 0.25) is 5.91 Å². The third-order valence-corrected chi connectivity index (χ3v) is 5.83. The summed E-state index contributed by atoms with van der Waals surface area (Å²) >= 11 is 0. The lowest BCUT2D eigenvalue weighted by molar-refractivity contribution is -0.138. The first-order valence-electron chi connectivity index (χ1n) is 11.2. The lowest BCUT2D eigenvalue weighted by Crippen LogP contribution is -2.50. The van der Waals surface area contributed by atoms with Crippen molar-refractivity contribution in [3.8, 4) is 5.75 Å². The highest BCUT2D eigenvalue weighted by atomic mass is 19.4.